The monoisotopic (exact) mass is 382 g/mol. The average Bonchev–Trinajstić information content (AvgIpc) is 2.52. The highest BCUT2D eigenvalue weighted by atomic mass is 79.9. The molecule has 2 aromatic carbocycles. The molecule has 2 aromatic rings. The molecule has 0 atom stereocenters. The van der Waals surface area contributed by atoms with E-state index in [0.717, 1.165) is 49.0 Å². The van der Waals surface area contributed by atoms with Crippen molar-refractivity contribution in [3.63, 3.8) is 0 Å². The highest BCUT2D eigenvalue weighted by molar-refractivity contribution is 9.10. The van der Waals surface area contributed by atoms with Crippen LogP contribution in [0.3, 0.4) is 0 Å². The minimum Gasteiger partial charge on any atom is -0.368 e. The van der Waals surface area contributed by atoms with Gasteiger partial charge in [0, 0.05) is 32.7 Å². The SMILES string of the molecule is Fc1ccc(CN2CCN(c3ccccc3Cl)CC2)cc1Br. The second-order valence-corrected chi connectivity index (χ2v) is 6.72. The minimum atomic E-state index is -0.215. The number of hydrogen-bond donors (Lipinski definition) is 0. The Kier molecular flexibility index (Phi) is 5.01. The Hall–Kier alpha value is -1.10. The van der Waals surface area contributed by atoms with Crippen LogP contribution in [0.4, 0.5) is 10.1 Å². The van der Waals surface area contributed by atoms with Gasteiger partial charge in [-0.3, -0.25) is 4.90 Å². The van der Waals surface area contributed by atoms with Crippen molar-refractivity contribution in [3.8, 4) is 0 Å². The smallest absolute Gasteiger partial charge is 0.137 e. The molecular weight excluding hydrogens is 367 g/mol. The molecule has 1 aliphatic heterocycles. The van der Waals surface area contributed by atoms with Crippen molar-refractivity contribution in [3.05, 3.63) is 63.3 Å². The van der Waals surface area contributed by atoms with Crippen molar-refractivity contribution in [1.29, 1.82) is 0 Å². The van der Waals surface area contributed by atoms with Gasteiger partial charge in [0.1, 0.15) is 5.82 Å². The Labute approximate surface area is 143 Å². The Balaban J connectivity index is 1.60. The van der Waals surface area contributed by atoms with Crippen LogP contribution in [0.1, 0.15) is 5.56 Å². The molecular formula is C17H17BrClFN2. The maximum Gasteiger partial charge on any atom is 0.137 e. The summed E-state index contributed by atoms with van der Waals surface area (Å²) in [6.07, 6.45) is 0. The van der Waals surface area contributed by atoms with Crippen molar-refractivity contribution < 1.29 is 4.39 Å². The van der Waals surface area contributed by atoms with Gasteiger partial charge in [0.05, 0.1) is 15.2 Å². The molecule has 0 unspecified atom stereocenters. The van der Waals surface area contributed by atoms with Crippen molar-refractivity contribution in [1.82, 2.24) is 4.90 Å². The summed E-state index contributed by atoms with van der Waals surface area (Å²) in [5.74, 6) is -0.215. The van der Waals surface area contributed by atoms with E-state index in [1.54, 1.807) is 0 Å². The zero-order chi connectivity index (χ0) is 15.5. The van der Waals surface area contributed by atoms with Crippen LogP contribution in [0.2, 0.25) is 5.02 Å². The van der Waals surface area contributed by atoms with Crippen LogP contribution in [0, 0.1) is 5.82 Å². The van der Waals surface area contributed by atoms with Gasteiger partial charge in [0.2, 0.25) is 0 Å². The maximum atomic E-state index is 13.3. The molecule has 1 fully saturated rings. The third-order valence-corrected chi connectivity index (χ3v) is 4.88. The van der Waals surface area contributed by atoms with Crippen LogP contribution >= 0.6 is 27.5 Å². The Morgan fingerprint density at radius 2 is 1.77 bits per heavy atom. The molecule has 0 spiro atoms. The summed E-state index contributed by atoms with van der Waals surface area (Å²) in [7, 11) is 0. The Morgan fingerprint density at radius 1 is 1.05 bits per heavy atom. The van der Waals surface area contributed by atoms with Gasteiger partial charge in [-0.1, -0.05) is 29.8 Å². The molecule has 3 rings (SSSR count). The second kappa shape index (κ2) is 6.99. The van der Waals surface area contributed by atoms with Crippen LogP contribution in [0.15, 0.2) is 46.9 Å². The molecule has 0 aliphatic carbocycles. The molecule has 1 heterocycles. The third kappa shape index (κ3) is 3.62. The molecule has 1 aliphatic rings. The number of halogens is 3. The molecule has 5 heteroatoms. The molecule has 0 bridgehead atoms. The number of benzene rings is 2. The molecule has 0 N–H and O–H groups in total. The summed E-state index contributed by atoms with van der Waals surface area (Å²) < 4.78 is 13.8. The lowest BCUT2D eigenvalue weighted by molar-refractivity contribution is 0.250. The molecule has 0 amide bonds. The first-order valence-corrected chi connectivity index (χ1v) is 8.46. The Bertz CT molecular complexity index is 657. The zero-order valence-corrected chi connectivity index (χ0v) is 14.4. The second-order valence-electron chi connectivity index (χ2n) is 5.46. The highest BCUT2D eigenvalue weighted by Crippen LogP contribution is 2.26. The van der Waals surface area contributed by atoms with Gasteiger partial charge in [-0.2, -0.15) is 0 Å². The number of rotatable bonds is 3. The molecule has 0 radical (unpaired) electrons. The largest absolute Gasteiger partial charge is 0.368 e. The van der Waals surface area contributed by atoms with Crippen LogP contribution in [0.25, 0.3) is 0 Å². The Morgan fingerprint density at radius 3 is 2.45 bits per heavy atom. The van der Waals surface area contributed by atoms with Crippen LogP contribution < -0.4 is 4.90 Å². The molecule has 116 valence electrons. The van der Waals surface area contributed by atoms with E-state index >= 15 is 0 Å². The van der Waals surface area contributed by atoms with Gasteiger partial charge in [0.15, 0.2) is 0 Å². The predicted octanol–water partition coefficient (Wildman–Crippen LogP) is 4.56. The first-order valence-electron chi connectivity index (χ1n) is 7.29. The molecule has 0 saturated carbocycles. The number of hydrogen-bond acceptors (Lipinski definition) is 2. The quantitative estimate of drug-likeness (QED) is 0.766. The lowest BCUT2D eigenvalue weighted by atomic mass is 10.2. The summed E-state index contributed by atoms with van der Waals surface area (Å²) in [6.45, 7) is 4.69. The predicted molar refractivity (Wildman–Crippen MR) is 93.0 cm³/mol. The van der Waals surface area contributed by atoms with Gasteiger partial charge < -0.3 is 4.90 Å². The fourth-order valence-corrected chi connectivity index (χ4v) is 3.43. The fourth-order valence-electron chi connectivity index (χ4n) is 2.75. The molecule has 2 nitrogen and oxygen atoms in total. The van der Waals surface area contributed by atoms with E-state index in [1.807, 2.05) is 30.3 Å². The van der Waals surface area contributed by atoms with E-state index in [2.05, 4.69) is 31.8 Å². The first-order chi connectivity index (χ1) is 10.6. The normalized spacial score (nSPS) is 16.0. The summed E-state index contributed by atoms with van der Waals surface area (Å²) in [5, 5.41) is 0.804. The van der Waals surface area contributed by atoms with Gasteiger partial charge in [-0.15, -0.1) is 0 Å². The third-order valence-electron chi connectivity index (χ3n) is 3.96. The van der Waals surface area contributed by atoms with E-state index in [1.165, 1.54) is 6.07 Å². The van der Waals surface area contributed by atoms with Crippen LogP contribution in [-0.2, 0) is 6.54 Å². The fraction of sp³-hybridized carbons (Fsp3) is 0.294. The molecule has 22 heavy (non-hydrogen) atoms. The summed E-state index contributed by atoms with van der Waals surface area (Å²) in [4.78, 5) is 4.70. The van der Waals surface area contributed by atoms with E-state index in [9.17, 15) is 4.39 Å². The van der Waals surface area contributed by atoms with Crippen molar-refractivity contribution in [2.75, 3.05) is 31.1 Å². The lowest BCUT2D eigenvalue weighted by Crippen LogP contribution is -2.46. The van der Waals surface area contributed by atoms with E-state index in [-0.39, 0.29) is 5.82 Å². The van der Waals surface area contributed by atoms with Crippen molar-refractivity contribution in [2.24, 2.45) is 0 Å². The molecule has 1 saturated heterocycles. The zero-order valence-electron chi connectivity index (χ0n) is 12.1. The van der Waals surface area contributed by atoms with Crippen molar-refractivity contribution in [2.45, 2.75) is 6.54 Å². The van der Waals surface area contributed by atoms with Crippen LogP contribution in [0.5, 0.6) is 0 Å². The average molecular weight is 384 g/mol. The van der Waals surface area contributed by atoms with Crippen LogP contribution in [-0.4, -0.2) is 31.1 Å². The summed E-state index contributed by atoms with van der Waals surface area (Å²) in [5.41, 5.74) is 2.23. The number of nitrogens with zero attached hydrogens (tertiary/aromatic N) is 2. The highest BCUT2D eigenvalue weighted by Gasteiger charge is 2.18. The van der Waals surface area contributed by atoms with Gasteiger partial charge in [-0.25, -0.2) is 4.39 Å². The lowest BCUT2D eigenvalue weighted by Gasteiger charge is -2.36. The summed E-state index contributed by atoms with van der Waals surface area (Å²) >= 11 is 9.50. The number of para-hydroxylation sites is 1. The summed E-state index contributed by atoms with van der Waals surface area (Å²) in [6, 6.07) is 13.2. The first kappa shape index (κ1) is 15.8. The van der Waals surface area contributed by atoms with Gasteiger partial charge in [-0.05, 0) is 45.8 Å². The number of anilines is 1. The number of piperazine rings is 1. The van der Waals surface area contributed by atoms with Gasteiger partial charge >= 0.3 is 0 Å². The minimum absolute atomic E-state index is 0.215. The van der Waals surface area contributed by atoms with Gasteiger partial charge in [0.25, 0.3) is 0 Å². The van der Waals surface area contributed by atoms with Crippen molar-refractivity contribution >= 4 is 33.2 Å². The molecule has 0 aromatic heterocycles. The topological polar surface area (TPSA) is 6.48 Å². The standard InChI is InChI=1S/C17H17BrClFN2/c18-14-11-13(5-6-16(14)20)12-21-7-9-22(10-8-21)17-4-2-1-3-15(17)19/h1-6,11H,7-10,12H2. The maximum absolute atomic E-state index is 13.3. The van der Waals surface area contributed by atoms with E-state index in [4.69, 9.17) is 11.6 Å². The van der Waals surface area contributed by atoms with E-state index < -0.39 is 0 Å². The van der Waals surface area contributed by atoms with E-state index in [0.29, 0.717) is 4.47 Å².